The number of anilines is 3. The SMILES string of the molecule is c1cc(-c2ccc3ccccc3c2)cc(N(c2ccccc2-c2cc3ccccc3c3ccccc23)c2cccc3sc4ccccc4c23)c1. The molecule has 234 valence electrons. The van der Waals surface area contributed by atoms with Gasteiger partial charge >= 0.3 is 0 Å². The van der Waals surface area contributed by atoms with Crippen LogP contribution in [0.5, 0.6) is 0 Å². The van der Waals surface area contributed by atoms with E-state index in [2.05, 4.69) is 193 Å². The second-order valence-electron chi connectivity index (χ2n) is 12.9. The largest absolute Gasteiger partial charge is 0.309 e. The summed E-state index contributed by atoms with van der Waals surface area (Å²) in [6.45, 7) is 0. The van der Waals surface area contributed by atoms with Gasteiger partial charge in [0.25, 0.3) is 0 Å². The fourth-order valence-electron chi connectivity index (χ4n) is 7.72. The zero-order valence-corrected chi connectivity index (χ0v) is 28.1. The lowest BCUT2D eigenvalue weighted by atomic mass is 9.92. The molecule has 0 radical (unpaired) electrons. The van der Waals surface area contributed by atoms with Crippen molar-refractivity contribution in [2.45, 2.75) is 0 Å². The van der Waals surface area contributed by atoms with Crippen molar-refractivity contribution in [1.82, 2.24) is 0 Å². The van der Waals surface area contributed by atoms with E-state index in [1.165, 1.54) is 80.4 Å². The van der Waals surface area contributed by atoms with E-state index in [1.54, 1.807) is 0 Å². The molecule has 10 rings (SSSR count). The molecule has 50 heavy (non-hydrogen) atoms. The molecule has 0 atom stereocenters. The monoisotopic (exact) mass is 653 g/mol. The van der Waals surface area contributed by atoms with E-state index in [1.807, 2.05) is 11.3 Å². The summed E-state index contributed by atoms with van der Waals surface area (Å²) >= 11 is 1.86. The fourth-order valence-corrected chi connectivity index (χ4v) is 8.84. The van der Waals surface area contributed by atoms with Crippen molar-refractivity contribution in [2.24, 2.45) is 0 Å². The van der Waals surface area contributed by atoms with E-state index in [-0.39, 0.29) is 0 Å². The summed E-state index contributed by atoms with van der Waals surface area (Å²) in [5.74, 6) is 0. The van der Waals surface area contributed by atoms with E-state index in [4.69, 9.17) is 0 Å². The minimum absolute atomic E-state index is 1.12. The highest BCUT2D eigenvalue weighted by atomic mass is 32.1. The zero-order chi connectivity index (χ0) is 33.0. The van der Waals surface area contributed by atoms with Gasteiger partial charge in [0.2, 0.25) is 0 Å². The topological polar surface area (TPSA) is 3.24 Å². The Bertz CT molecular complexity index is 2900. The van der Waals surface area contributed by atoms with Gasteiger partial charge in [-0.3, -0.25) is 0 Å². The Labute approximate surface area is 294 Å². The molecule has 9 aromatic carbocycles. The van der Waals surface area contributed by atoms with Crippen molar-refractivity contribution in [1.29, 1.82) is 0 Å². The summed E-state index contributed by atoms with van der Waals surface area (Å²) in [6, 6.07) is 68.9. The second-order valence-corrected chi connectivity index (χ2v) is 14.0. The summed E-state index contributed by atoms with van der Waals surface area (Å²) in [5.41, 5.74) is 8.26. The first-order valence-corrected chi connectivity index (χ1v) is 17.9. The standard InChI is InChI=1S/C48H31NS/c1-2-14-33-29-35(28-27-32(33)13-1)34-16-11-17-37(30-34)49(45-24-12-26-47-48(45)42-22-8-10-25-46(42)50-47)44-23-9-7-21-41(44)43-31-36-15-3-4-18-38(36)39-19-5-6-20-40(39)43/h1-31H. The van der Waals surface area contributed by atoms with E-state index in [0.717, 1.165) is 11.4 Å². The molecule has 0 bridgehead atoms. The van der Waals surface area contributed by atoms with Crippen LogP contribution in [0.1, 0.15) is 0 Å². The first-order chi connectivity index (χ1) is 24.8. The predicted molar refractivity (Wildman–Crippen MR) is 217 cm³/mol. The molecule has 1 aromatic heterocycles. The van der Waals surface area contributed by atoms with Crippen molar-refractivity contribution >= 4 is 80.9 Å². The molecule has 0 aliphatic heterocycles. The van der Waals surface area contributed by atoms with Crippen LogP contribution in [0.2, 0.25) is 0 Å². The van der Waals surface area contributed by atoms with Crippen LogP contribution < -0.4 is 4.90 Å². The van der Waals surface area contributed by atoms with Gasteiger partial charge in [-0.2, -0.15) is 0 Å². The van der Waals surface area contributed by atoms with E-state index >= 15 is 0 Å². The highest BCUT2D eigenvalue weighted by Gasteiger charge is 2.22. The molecule has 1 heterocycles. The zero-order valence-electron chi connectivity index (χ0n) is 27.3. The van der Waals surface area contributed by atoms with Crippen molar-refractivity contribution in [2.75, 3.05) is 4.90 Å². The van der Waals surface area contributed by atoms with Gasteiger partial charge in [0.1, 0.15) is 0 Å². The molecule has 10 aromatic rings. The average molecular weight is 654 g/mol. The Morgan fingerprint density at radius 3 is 1.88 bits per heavy atom. The van der Waals surface area contributed by atoms with Gasteiger partial charge in [-0.25, -0.2) is 0 Å². The van der Waals surface area contributed by atoms with Crippen LogP contribution in [-0.2, 0) is 0 Å². The summed E-state index contributed by atoms with van der Waals surface area (Å²) in [7, 11) is 0. The minimum atomic E-state index is 1.12. The van der Waals surface area contributed by atoms with Crippen LogP contribution in [0.4, 0.5) is 17.1 Å². The van der Waals surface area contributed by atoms with Gasteiger partial charge in [0, 0.05) is 31.4 Å². The van der Waals surface area contributed by atoms with Crippen LogP contribution in [-0.4, -0.2) is 0 Å². The van der Waals surface area contributed by atoms with Gasteiger partial charge < -0.3 is 4.90 Å². The number of hydrogen-bond donors (Lipinski definition) is 0. The molecule has 0 fully saturated rings. The molecule has 0 saturated carbocycles. The van der Waals surface area contributed by atoms with Gasteiger partial charge in [-0.05, 0) is 97.5 Å². The number of nitrogens with zero attached hydrogens (tertiary/aromatic N) is 1. The van der Waals surface area contributed by atoms with Crippen LogP contribution in [0.15, 0.2) is 188 Å². The number of rotatable bonds is 5. The van der Waals surface area contributed by atoms with Crippen LogP contribution in [0.3, 0.4) is 0 Å². The molecule has 0 N–H and O–H groups in total. The Morgan fingerprint density at radius 2 is 0.980 bits per heavy atom. The lowest BCUT2D eigenvalue weighted by Crippen LogP contribution is -2.11. The summed E-state index contributed by atoms with van der Waals surface area (Å²) < 4.78 is 2.58. The number of fused-ring (bicyclic) bond motifs is 7. The predicted octanol–water partition coefficient (Wildman–Crippen LogP) is 14.3. The maximum absolute atomic E-state index is 2.49. The van der Waals surface area contributed by atoms with E-state index in [9.17, 15) is 0 Å². The third-order valence-corrected chi connectivity index (χ3v) is 11.1. The average Bonchev–Trinajstić information content (AvgIpc) is 3.57. The van der Waals surface area contributed by atoms with Gasteiger partial charge in [-0.1, -0.05) is 140 Å². The normalized spacial score (nSPS) is 11.6. The molecule has 0 saturated heterocycles. The first-order valence-electron chi connectivity index (χ1n) is 17.1. The molecule has 0 aliphatic carbocycles. The lowest BCUT2D eigenvalue weighted by molar-refractivity contribution is 1.30. The molecule has 2 heteroatoms. The third kappa shape index (κ3) is 4.69. The fraction of sp³-hybridized carbons (Fsp3) is 0. The van der Waals surface area contributed by atoms with Crippen molar-refractivity contribution in [3.05, 3.63) is 188 Å². The van der Waals surface area contributed by atoms with Gasteiger partial charge in [0.15, 0.2) is 0 Å². The molecule has 0 amide bonds. The molecule has 0 spiro atoms. The summed E-state index contributed by atoms with van der Waals surface area (Å²) in [4.78, 5) is 2.49. The van der Waals surface area contributed by atoms with Crippen molar-refractivity contribution < 1.29 is 0 Å². The van der Waals surface area contributed by atoms with Crippen molar-refractivity contribution in [3.8, 4) is 22.3 Å². The van der Waals surface area contributed by atoms with E-state index < -0.39 is 0 Å². The maximum atomic E-state index is 2.49. The Kier molecular flexibility index (Phi) is 6.75. The van der Waals surface area contributed by atoms with Crippen LogP contribution >= 0.6 is 11.3 Å². The summed E-state index contributed by atoms with van der Waals surface area (Å²) in [6.07, 6.45) is 0. The summed E-state index contributed by atoms with van der Waals surface area (Å²) in [5, 5.41) is 10.1. The number of para-hydroxylation sites is 1. The molecular weight excluding hydrogens is 623 g/mol. The van der Waals surface area contributed by atoms with Gasteiger partial charge in [0.05, 0.1) is 11.4 Å². The number of thiophene rings is 1. The van der Waals surface area contributed by atoms with E-state index in [0.29, 0.717) is 0 Å². The molecule has 0 unspecified atom stereocenters. The first kappa shape index (κ1) is 28.8. The lowest BCUT2D eigenvalue weighted by Gasteiger charge is -2.29. The molecule has 1 nitrogen and oxygen atoms in total. The minimum Gasteiger partial charge on any atom is -0.309 e. The Morgan fingerprint density at radius 1 is 0.340 bits per heavy atom. The molecular formula is C48H31NS. The third-order valence-electron chi connectivity index (χ3n) is 10.0. The quantitative estimate of drug-likeness (QED) is 0.167. The Hall–Kier alpha value is -6.22. The van der Waals surface area contributed by atoms with Crippen molar-refractivity contribution in [3.63, 3.8) is 0 Å². The smallest absolute Gasteiger partial charge is 0.0555 e. The number of benzene rings is 9. The van der Waals surface area contributed by atoms with Crippen LogP contribution in [0.25, 0.3) is 74.7 Å². The molecule has 0 aliphatic rings. The maximum Gasteiger partial charge on any atom is 0.0555 e. The van der Waals surface area contributed by atoms with Crippen LogP contribution in [0, 0.1) is 0 Å². The number of hydrogen-bond acceptors (Lipinski definition) is 2. The highest BCUT2D eigenvalue weighted by molar-refractivity contribution is 7.26. The highest BCUT2D eigenvalue weighted by Crippen LogP contribution is 2.49. The Balaban J connectivity index is 1.26. The van der Waals surface area contributed by atoms with Gasteiger partial charge in [-0.15, -0.1) is 11.3 Å². The second kappa shape index (κ2) is 11.7.